The van der Waals surface area contributed by atoms with Crippen LogP contribution in [0.15, 0.2) is 23.0 Å². The zero-order chi connectivity index (χ0) is 39.6. The van der Waals surface area contributed by atoms with Crippen LogP contribution in [-0.2, 0) is 46.4 Å². The highest BCUT2D eigenvalue weighted by Gasteiger charge is 2.64. The van der Waals surface area contributed by atoms with Crippen LogP contribution in [0.5, 0.6) is 5.75 Å². The van der Waals surface area contributed by atoms with Gasteiger partial charge in [-0.2, -0.15) is 0 Å². The first-order valence-electron chi connectivity index (χ1n) is 16.6. The van der Waals surface area contributed by atoms with Crippen molar-refractivity contribution in [3.63, 3.8) is 0 Å². The molecule has 4 rings (SSSR count). The maximum Gasteiger partial charge on any atom is 0.419 e. The number of hydrogen-bond acceptors (Lipinski definition) is 14. The lowest BCUT2D eigenvalue weighted by Crippen LogP contribution is -2.65. The number of rotatable bonds is 7. The van der Waals surface area contributed by atoms with E-state index in [2.05, 4.69) is 0 Å². The number of Topliss-reactive ketones (excluding diaryl/α,β-unsaturated/α-hetero) is 2. The molecule has 16 nitrogen and oxygen atoms in total. The topological polar surface area (TPSA) is 238 Å². The van der Waals surface area contributed by atoms with Gasteiger partial charge in [0.15, 0.2) is 11.4 Å². The van der Waals surface area contributed by atoms with Crippen molar-refractivity contribution in [2.24, 2.45) is 28.4 Å². The molecule has 4 atom stereocenters. The van der Waals surface area contributed by atoms with Crippen molar-refractivity contribution in [3.05, 3.63) is 39.7 Å². The second-order valence-electron chi connectivity index (χ2n) is 16.0. The number of ketones is 2. The molecule has 0 aliphatic heterocycles. The van der Waals surface area contributed by atoms with Crippen LogP contribution >= 0.6 is 0 Å². The monoisotopic (exact) mass is 728 g/mol. The van der Waals surface area contributed by atoms with Gasteiger partial charge in [0.05, 0.1) is 23.6 Å². The Morgan fingerprint density at radius 2 is 1.56 bits per heavy atom. The number of likely N-dealkylation sites (N-methyl/N-ethyl adjacent to an activating group) is 1. The van der Waals surface area contributed by atoms with Crippen molar-refractivity contribution in [2.45, 2.75) is 72.6 Å². The SMILES string of the molecule is CN(C)c1cc(CN(C(=O)OCOC(=O)C(C)(C)C)C(=O)C(C)(C)C)c(O)c2c1C[C@H]1C[C@H]3[C@H](N(C)C)C(=O)C(C(N)=O)=C(O)[C@@]3(O)C(=O)C1=C2O. The number of anilines is 1. The summed E-state index contributed by atoms with van der Waals surface area (Å²) in [5.74, 6) is -9.33. The van der Waals surface area contributed by atoms with Gasteiger partial charge >= 0.3 is 12.1 Å². The smallest absolute Gasteiger partial charge is 0.419 e. The number of phenolic OH excluding ortho intramolecular Hbond substituents is 1. The van der Waals surface area contributed by atoms with Crippen LogP contribution in [0.1, 0.15) is 64.7 Å². The fourth-order valence-corrected chi connectivity index (χ4v) is 7.09. The van der Waals surface area contributed by atoms with Crippen LogP contribution in [0.4, 0.5) is 10.5 Å². The molecule has 1 aromatic carbocycles. The Morgan fingerprint density at radius 3 is 2.06 bits per heavy atom. The largest absolute Gasteiger partial charge is 0.508 e. The molecule has 0 aromatic heterocycles. The molecule has 16 heteroatoms. The lowest BCUT2D eigenvalue weighted by molar-refractivity contribution is -0.162. The van der Waals surface area contributed by atoms with Crippen molar-refractivity contribution < 1.29 is 58.7 Å². The average molecular weight is 729 g/mol. The van der Waals surface area contributed by atoms with E-state index in [0.717, 1.165) is 4.90 Å². The van der Waals surface area contributed by atoms with Crippen molar-refractivity contribution in [2.75, 3.05) is 39.9 Å². The molecule has 3 aliphatic rings. The molecule has 0 saturated heterocycles. The number of aromatic hydroxyl groups is 1. The van der Waals surface area contributed by atoms with Crippen LogP contribution in [0.3, 0.4) is 0 Å². The molecule has 1 aromatic rings. The highest BCUT2D eigenvalue weighted by molar-refractivity contribution is 6.24. The maximum atomic E-state index is 14.3. The van der Waals surface area contributed by atoms with Gasteiger partial charge in [0, 0.05) is 42.3 Å². The maximum absolute atomic E-state index is 14.3. The Hall–Kier alpha value is -4.96. The molecule has 0 bridgehead atoms. The number of ether oxygens (including phenoxy) is 2. The second kappa shape index (κ2) is 13.5. The van der Waals surface area contributed by atoms with Gasteiger partial charge in [-0.1, -0.05) is 20.8 Å². The molecule has 6 N–H and O–H groups in total. The standard InChI is InChI=1S/C36H48N4O12/c1-34(2,3)31(47)40(33(49)52-15-51-32(48)35(4,5)6)14-17-13-20(38(7)8)18-11-16-12-19-24(39(9)10)27(43)23(30(37)46)29(45)36(19,50)28(44)21(16)26(42)22(18)25(17)41/h13,16,19,24,41-42,45,50H,11-12,14-15H2,1-10H3,(H2,37,46)/t16-,19-,24-,36-/m0/s1. The van der Waals surface area contributed by atoms with Gasteiger partial charge in [-0.25, -0.2) is 9.69 Å². The van der Waals surface area contributed by atoms with Crippen molar-refractivity contribution >= 4 is 46.9 Å². The van der Waals surface area contributed by atoms with Gasteiger partial charge in [-0.05, 0) is 65.3 Å². The molecular weight excluding hydrogens is 680 g/mol. The molecule has 0 heterocycles. The lowest BCUT2D eigenvalue weighted by atomic mass is 9.57. The number of nitrogens with two attached hydrogens (primary N) is 1. The molecule has 1 saturated carbocycles. The summed E-state index contributed by atoms with van der Waals surface area (Å²) in [6, 6.07) is 0.286. The fraction of sp³-hybridized carbons (Fsp3) is 0.556. The summed E-state index contributed by atoms with van der Waals surface area (Å²) < 4.78 is 10.2. The molecule has 3 amide bonds. The summed E-state index contributed by atoms with van der Waals surface area (Å²) in [7, 11) is 6.39. The summed E-state index contributed by atoms with van der Waals surface area (Å²) in [6.07, 6.45) is -1.25. The first-order chi connectivity index (χ1) is 23.8. The van der Waals surface area contributed by atoms with Crippen LogP contribution in [-0.4, -0.2) is 112 Å². The van der Waals surface area contributed by atoms with E-state index in [1.165, 1.54) is 25.1 Å². The Labute approximate surface area is 301 Å². The van der Waals surface area contributed by atoms with Crippen molar-refractivity contribution in [3.8, 4) is 5.75 Å². The Balaban J connectivity index is 1.86. The van der Waals surface area contributed by atoms with Crippen LogP contribution in [0, 0.1) is 22.7 Å². The number of aliphatic hydroxyl groups excluding tert-OH is 2. The van der Waals surface area contributed by atoms with Crippen LogP contribution < -0.4 is 10.6 Å². The summed E-state index contributed by atoms with van der Waals surface area (Å²) in [5, 5.41) is 46.6. The number of carbonyl (C=O) groups is 6. The minimum Gasteiger partial charge on any atom is -0.508 e. The number of phenols is 1. The van der Waals surface area contributed by atoms with E-state index in [1.807, 2.05) is 0 Å². The van der Waals surface area contributed by atoms with E-state index in [0.29, 0.717) is 11.3 Å². The number of imide groups is 1. The summed E-state index contributed by atoms with van der Waals surface area (Å²) in [4.78, 5) is 82.9. The third-order valence-electron chi connectivity index (χ3n) is 9.68. The van der Waals surface area contributed by atoms with Gasteiger partial charge in [0.2, 0.25) is 18.5 Å². The molecule has 284 valence electrons. The second-order valence-corrected chi connectivity index (χ2v) is 16.0. The van der Waals surface area contributed by atoms with Crippen molar-refractivity contribution in [1.82, 2.24) is 9.80 Å². The number of hydrogen-bond donors (Lipinski definition) is 5. The van der Waals surface area contributed by atoms with Gasteiger partial charge in [0.25, 0.3) is 5.91 Å². The highest BCUT2D eigenvalue weighted by atomic mass is 16.7. The van der Waals surface area contributed by atoms with Crippen molar-refractivity contribution in [1.29, 1.82) is 0 Å². The van der Waals surface area contributed by atoms with Gasteiger partial charge < -0.3 is 40.5 Å². The number of primary amides is 1. The first-order valence-corrected chi connectivity index (χ1v) is 16.6. The number of aliphatic hydroxyl groups is 3. The predicted molar refractivity (Wildman–Crippen MR) is 185 cm³/mol. The Morgan fingerprint density at radius 1 is 0.962 bits per heavy atom. The summed E-state index contributed by atoms with van der Waals surface area (Å²) in [6.45, 7) is 8.13. The molecular formula is C36H48N4O12. The fourth-order valence-electron chi connectivity index (χ4n) is 7.09. The zero-order valence-corrected chi connectivity index (χ0v) is 31.1. The van der Waals surface area contributed by atoms with Crippen LogP contribution in [0.2, 0.25) is 0 Å². The van der Waals surface area contributed by atoms with E-state index < -0.39 is 106 Å². The molecule has 0 unspecified atom stereocenters. The van der Waals surface area contributed by atoms with E-state index in [4.69, 9.17) is 15.2 Å². The summed E-state index contributed by atoms with van der Waals surface area (Å²) >= 11 is 0. The number of benzene rings is 1. The molecule has 52 heavy (non-hydrogen) atoms. The van der Waals surface area contributed by atoms with E-state index in [1.54, 1.807) is 60.5 Å². The average Bonchev–Trinajstić information content (AvgIpc) is 3.00. The third kappa shape index (κ3) is 6.60. The normalized spacial score (nSPS) is 23.1. The van der Waals surface area contributed by atoms with Gasteiger partial charge in [-0.3, -0.25) is 28.9 Å². The molecule has 3 aliphatic carbocycles. The Kier molecular flexibility index (Phi) is 10.4. The van der Waals surface area contributed by atoms with E-state index in [-0.39, 0.29) is 29.5 Å². The quantitative estimate of drug-likeness (QED) is 0.154. The van der Waals surface area contributed by atoms with E-state index in [9.17, 15) is 49.2 Å². The minimum absolute atomic E-state index is 0.0295. The van der Waals surface area contributed by atoms with Gasteiger partial charge in [-0.15, -0.1) is 0 Å². The van der Waals surface area contributed by atoms with E-state index >= 15 is 0 Å². The minimum atomic E-state index is -2.82. The number of fused-ring (bicyclic) bond motifs is 3. The van der Waals surface area contributed by atoms with Gasteiger partial charge in [0.1, 0.15) is 22.8 Å². The predicted octanol–water partition coefficient (Wildman–Crippen LogP) is 2.09. The Bertz CT molecular complexity index is 1810. The number of esters is 1. The lowest BCUT2D eigenvalue weighted by Gasteiger charge is -2.50. The first kappa shape index (κ1) is 39.8. The molecule has 0 spiro atoms. The number of nitrogens with zero attached hydrogens (tertiary/aromatic N) is 3. The van der Waals surface area contributed by atoms with Crippen LogP contribution in [0.25, 0.3) is 5.76 Å². The molecule has 0 radical (unpaired) electrons. The third-order valence-corrected chi connectivity index (χ3v) is 9.68. The number of carbonyl (C=O) groups excluding carboxylic acids is 6. The molecule has 1 fully saturated rings. The zero-order valence-electron chi connectivity index (χ0n) is 31.1. The summed E-state index contributed by atoms with van der Waals surface area (Å²) in [5.41, 5.74) is -0.130. The number of amides is 3. The highest BCUT2D eigenvalue weighted by Crippen LogP contribution is 2.54.